The molecule has 2 aromatic rings. The van der Waals surface area contributed by atoms with Crippen molar-refractivity contribution in [3.8, 4) is 6.07 Å². The number of nitriles is 1. The van der Waals surface area contributed by atoms with E-state index in [9.17, 15) is 8.42 Å². The van der Waals surface area contributed by atoms with E-state index in [4.69, 9.17) is 16.9 Å². The highest BCUT2D eigenvalue weighted by Gasteiger charge is 2.14. The molecule has 0 radical (unpaired) electrons. The van der Waals surface area contributed by atoms with E-state index in [1.165, 1.54) is 12.3 Å². The van der Waals surface area contributed by atoms with E-state index in [0.29, 0.717) is 22.0 Å². The first kappa shape index (κ1) is 15.3. The maximum Gasteiger partial charge on any atom is 0.177 e. The lowest BCUT2D eigenvalue weighted by Crippen LogP contribution is -2.09. The van der Waals surface area contributed by atoms with Crippen LogP contribution >= 0.6 is 11.6 Å². The summed E-state index contributed by atoms with van der Waals surface area (Å²) in [7, 11) is -3.36. The number of pyridine rings is 1. The number of benzene rings is 1. The fourth-order valence-electron chi connectivity index (χ4n) is 1.83. The summed E-state index contributed by atoms with van der Waals surface area (Å²) in [6, 6.07) is 9.95. The second-order valence-corrected chi connectivity index (χ2v) is 6.80. The van der Waals surface area contributed by atoms with Gasteiger partial charge in [-0.1, -0.05) is 11.6 Å². The number of sulfone groups is 1. The van der Waals surface area contributed by atoms with Crippen LogP contribution in [0, 0.1) is 11.3 Å². The molecule has 7 heteroatoms. The summed E-state index contributed by atoms with van der Waals surface area (Å²) < 4.78 is 23.4. The van der Waals surface area contributed by atoms with E-state index < -0.39 is 9.84 Å². The van der Waals surface area contributed by atoms with Gasteiger partial charge >= 0.3 is 0 Å². The van der Waals surface area contributed by atoms with Gasteiger partial charge in [0.1, 0.15) is 6.07 Å². The lowest BCUT2D eigenvalue weighted by molar-refractivity contribution is 0.600. The SMILES string of the molecule is CS(=O)(=O)c1cccnc1CNc1cc(Cl)ccc1C#N. The third kappa shape index (κ3) is 3.72. The summed E-state index contributed by atoms with van der Waals surface area (Å²) in [6.45, 7) is 0.179. The molecule has 0 aliphatic heterocycles. The van der Waals surface area contributed by atoms with Crippen molar-refractivity contribution in [3.63, 3.8) is 0 Å². The third-order valence-corrected chi connectivity index (χ3v) is 4.20. The molecule has 0 unspecified atom stereocenters. The number of aromatic nitrogens is 1. The van der Waals surface area contributed by atoms with Crippen LogP contribution in [0.2, 0.25) is 5.02 Å². The first-order valence-corrected chi connectivity index (χ1v) is 8.26. The van der Waals surface area contributed by atoms with Crippen LogP contribution in [-0.2, 0) is 16.4 Å². The van der Waals surface area contributed by atoms with Gasteiger partial charge in [-0.25, -0.2) is 8.42 Å². The van der Waals surface area contributed by atoms with Crippen molar-refractivity contribution in [1.82, 2.24) is 4.98 Å². The minimum atomic E-state index is -3.36. The second-order valence-electron chi connectivity index (χ2n) is 4.38. The van der Waals surface area contributed by atoms with Crippen LogP contribution in [0.4, 0.5) is 5.69 Å². The van der Waals surface area contributed by atoms with Crippen LogP contribution in [0.15, 0.2) is 41.4 Å². The monoisotopic (exact) mass is 321 g/mol. The molecule has 1 heterocycles. The van der Waals surface area contributed by atoms with Crippen molar-refractivity contribution in [1.29, 1.82) is 5.26 Å². The summed E-state index contributed by atoms with van der Waals surface area (Å²) >= 11 is 5.90. The number of nitrogens with zero attached hydrogens (tertiary/aromatic N) is 2. The Bertz CT molecular complexity index is 813. The topological polar surface area (TPSA) is 82.8 Å². The average Bonchev–Trinajstić information content (AvgIpc) is 2.44. The van der Waals surface area contributed by atoms with E-state index in [-0.39, 0.29) is 11.4 Å². The van der Waals surface area contributed by atoms with Crippen LogP contribution in [0.3, 0.4) is 0 Å². The highest BCUT2D eigenvalue weighted by molar-refractivity contribution is 7.90. The predicted octanol–water partition coefficient (Wildman–Crippen LogP) is 2.62. The zero-order valence-corrected chi connectivity index (χ0v) is 12.7. The highest BCUT2D eigenvalue weighted by atomic mass is 35.5. The maximum absolute atomic E-state index is 11.7. The quantitative estimate of drug-likeness (QED) is 0.936. The Morgan fingerprint density at radius 3 is 2.81 bits per heavy atom. The summed E-state index contributed by atoms with van der Waals surface area (Å²) in [4.78, 5) is 4.25. The fourth-order valence-corrected chi connectivity index (χ4v) is 2.88. The van der Waals surface area contributed by atoms with Crippen molar-refractivity contribution in [2.45, 2.75) is 11.4 Å². The molecule has 0 bridgehead atoms. The first-order valence-electron chi connectivity index (χ1n) is 5.99. The lowest BCUT2D eigenvalue weighted by atomic mass is 10.2. The van der Waals surface area contributed by atoms with E-state index in [1.54, 1.807) is 24.3 Å². The molecule has 1 N–H and O–H groups in total. The smallest absolute Gasteiger partial charge is 0.177 e. The zero-order chi connectivity index (χ0) is 15.5. The van der Waals surface area contributed by atoms with Gasteiger partial charge in [-0.05, 0) is 30.3 Å². The minimum Gasteiger partial charge on any atom is -0.378 e. The normalized spacial score (nSPS) is 10.9. The summed E-state index contributed by atoms with van der Waals surface area (Å²) in [5, 5.41) is 12.5. The van der Waals surface area contributed by atoms with Gasteiger partial charge in [0, 0.05) is 17.5 Å². The van der Waals surface area contributed by atoms with Crippen molar-refractivity contribution in [3.05, 3.63) is 52.8 Å². The Balaban J connectivity index is 2.30. The first-order chi connectivity index (χ1) is 9.91. The Labute approximate surface area is 128 Å². The van der Waals surface area contributed by atoms with Crippen LogP contribution in [0.1, 0.15) is 11.3 Å². The molecule has 21 heavy (non-hydrogen) atoms. The van der Waals surface area contributed by atoms with Gasteiger partial charge in [-0.2, -0.15) is 5.26 Å². The van der Waals surface area contributed by atoms with Gasteiger partial charge in [0.25, 0.3) is 0 Å². The van der Waals surface area contributed by atoms with Gasteiger partial charge in [0.15, 0.2) is 9.84 Å². The van der Waals surface area contributed by atoms with Crippen molar-refractivity contribution >= 4 is 27.1 Å². The van der Waals surface area contributed by atoms with Gasteiger partial charge in [0.05, 0.1) is 28.4 Å². The van der Waals surface area contributed by atoms with Crippen molar-refractivity contribution in [2.24, 2.45) is 0 Å². The van der Waals surface area contributed by atoms with E-state index in [2.05, 4.69) is 10.3 Å². The summed E-state index contributed by atoms with van der Waals surface area (Å²) in [6.07, 6.45) is 2.66. The number of anilines is 1. The van der Waals surface area contributed by atoms with Crippen LogP contribution in [-0.4, -0.2) is 19.7 Å². The van der Waals surface area contributed by atoms with Gasteiger partial charge in [0.2, 0.25) is 0 Å². The van der Waals surface area contributed by atoms with E-state index >= 15 is 0 Å². The highest BCUT2D eigenvalue weighted by Crippen LogP contribution is 2.22. The molecule has 0 spiro atoms. The predicted molar refractivity (Wildman–Crippen MR) is 80.8 cm³/mol. The maximum atomic E-state index is 11.7. The average molecular weight is 322 g/mol. The molecular weight excluding hydrogens is 310 g/mol. The second kappa shape index (κ2) is 6.12. The standard InChI is InChI=1S/C14H12ClN3O2S/c1-21(19,20)14-3-2-6-17-13(14)9-18-12-7-11(15)5-4-10(12)8-16/h2-7,18H,9H2,1H3. The third-order valence-electron chi connectivity index (χ3n) is 2.80. The minimum absolute atomic E-state index is 0.165. The zero-order valence-electron chi connectivity index (χ0n) is 11.2. The van der Waals surface area contributed by atoms with Crippen LogP contribution in [0.5, 0.6) is 0 Å². The Morgan fingerprint density at radius 2 is 2.14 bits per heavy atom. The van der Waals surface area contributed by atoms with Gasteiger partial charge < -0.3 is 5.32 Å². The van der Waals surface area contributed by atoms with Gasteiger partial charge in [-0.3, -0.25) is 4.98 Å². The molecule has 0 aliphatic rings. The molecule has 0 saturated heterocycles. The number of rotatable bonds is 4. The number of halogens is 1. The number of hydrogen-bond donors (Lipinski definition) is 1. The molecule has 0 fully saturated rings. The van der Waals surface area contributed by atoms with Gasteiger partial charge in [-0.15, -0.1) is 0 Å². The molecule has 2 rings (SSSR count). The molecule has 5 nitrogen and oxygen atoms in total. The molecule has 0 saturated carbocycles. The lowest BCUT2D eigenvalue weighted by Gasteiger charge is -2.10. The van der Waals surface area contributed by atoms with Crippen molar-refractivity contribution in [2.75, 3.05) is 11.6 Å². The fraction of sp³-hybridized carbons (Fsp3) is 0.143. The summed E-state index contributed by atoms with van der Waals surface area (Å²) in [5.74, 6) is 0. The van der Waals surface area contributed by atoms with E-state index in [1.807, 2.05) is 6.07 Å². The molecule has 0 aliphatic carbocycles. The molecule has 108 valence electrons. The number of nitrogens with one attached hydrogen (secondary N) is 1. The Hall–Kier alpha value is -2.10. The largest absolute Gasteiger partial charge is 0.378 e. The van der Waals surface area contributed by atoms with Crippen molar-refractivity contribution < 1.29 is 8.42 Å². The van der Waals surface area contributed by atoms with Crippen LogP contribution < -0.4 is 5.32 Å². The van der Waals surface area contributed by atoms with Crippen LogP contribution in [0.25, 0.3) is 0 Å². The Kier molecular flexibility index (Phi) is 4.46. The molecule has 0 atom stereocenters. The van der Waals surface area contributed by atoms with E-state index in [0.717, 1.165) is 6.26 Å². The molecule has 0 amide bonds. The molecule has 1 aromatic heterocycles. The Morgan fingerprint density at radius 1 is 1.38 bits per heavy atom. The molecule has 1 aromatic carbocycles. The summed E-state index contributed by atoms with van der Waals surface area (Å²) in [5.41, 5.74) is 1.36. The number of hydrogen-bond acceptors (Lipinski definition) is 5. The molecular formula is C14H12ClN3O2S.